The lowest BCUT2D eigenvalue weighted by Crippen LogP contribution is -2.46. The third-order valence-corrected chi connectivity index (χ3v) is 3.15. The van der Waals surface area contributed by atoms with E-state index in [-0.39, 0.29) is 18.0 Å². The van der Waals surface area contributed by atoms with Crippen molar-refractivity contribution in [1.29, 1.82) is 0 Å². The van der Waals surface area contributed by atoms with Crippen LogP contribution in [0.3, 0.4) is 0 Å². The standard InChI is InChI=1S/C13H25NO3.4C2H6/c1-6-7-10(4)11(5)14(9(2)3)12(15)8-13(16)17;4*1-2/h9-11H,6-8H2,1-5H3,(H,16,17);4*1-2H3/t10-,11+;;;;/m0..../s1. The molecule has 1 N–H and O–H groups in total. The molecule has 2 atom stereocenters. The highest BCUT2D eigenvalue weighted by molar-refractivity contribution is 5.93. The van der Waals surface area contributed by atoms with Gasteiger partial charge in [0, 0.05) is 12.1 Å². The van der Waals surface area contributed by atoms with E-state index in [0.29, 0.717) is 5.92 Å². The molecule has 0 bridgehead atoms. The van der Waals surface area contributed by atoms with Crippen LogP contribution < -0.4 is 0 Å². The zero-order valence-corrected chi connectivity index (χ0v) is 19.6. The molecule has 0 aliphatic rings. The number of nitrogens with zero attached hydrogens (tertiary/aromatic N) is 1. The van der Waals surface area contributed by atoms with Gasteiger partial charge in [0.2, 0.25) is 5.91 Å². The summed E-state index contributed by atoms with van der Waals surface area (Å²) >= 11 is 0. The van der Waals surface area contributed by atoms with Crippen LogP contribution in [0, 0.1) is 5.92 Å². The number of hydrogen-bond donors (Lipinski definition) is 1. The van der Waals surface area contributed by atoms with E-state index in [1.165, 1.54) is 0 Å². The van der Waals surface area contributed by atoms with Crippen molar-refractivity contribution < 1.29 is 14.7 Å². The van der Waals surface area contributed by atoms with Gasteiger partial charge in [-0.2, -0.15) is 0 Å². The van der Waals surface area contributed by atoms with Crippen molar-refractivity contribution in [2.75, 3.05) is 0 Å². The van der Waals surface area contributed by atoms with Gasteiger partial charge < -0.3 is 10.0 Å². The second kappa shape index (κ2) is 27.8. The molecule has 0 rings (SSSR count). The third-order valence-electron chi connectivity index (χ3n) is 3.15. The molecule has 25 heavy (non-hydrogen) atoms. The Balaban J connectivity index is -0.000000145. The summed E-state index contributed by atoms with van der Waals surface area (Å²) in [6.07, 6.45) is 1.71. The van der Waals surface area contributed by atoms with Crippen molar-refractivity contribution in [2.45, 2.75) is 121 Å². The summed E-state index contributed by atoms with van der Waals surface area (Å²) in [6, 6.07) is 0.123. The molecule has 0 unspecified atom stereocenters. The van der Waals surface area contributed by atoms with E-state index in [1.807, 2.05) is 76.2 Å². The SMILES string of the molecule is CC.CC.CC.CC.CCC[C@H](C)[C@@H](C)N(C(=O)CC(=O)O)C(C)C. The fraction of sp³-hybridized carbons (Fsp3) is 0.905. The van der Waals surface area contributed by atoms with Crippen LogP contribution in [0.2, 0.25) is 0 Å². The normalized spacial score (nSPS) is 10.8. The number of amides is 1. The Morgan fingerprint density at radius 2 is 1.20 bits per heavy atom. The Labute approximate surface area is 159 Å². The van der Waals surface area contributed by atoms with Crippen LogP contribution in [-0.2, 0) is 9.59 Å². The molecular weight excluding hydrogens is 314 g/mol. The van der Waals surface area contributed by atoms with Gasteiger partial charge in [0.05, 0.1) is 0 Å². The van der Waals surface area contributed by atoms with Crippen LogP contribution in [0.1, 0.15) is 109 Å². The maximum atomic E-state index is 11.9. The van der Waals surface area contributed by atoms with E-state index < -0.39 is 12.4 Å². The van der Waals surface area contributed by atoms with E-state index >= 15 is 0 Å². The first-order valence-electron chi connectivity index (χ1n) is 10.3. The van der Waals surface area contributed by atoms with Crippen LogP contribution in [0.25, 0.3) is 0 Å². The Morgan fingerprint density at radius 1 is 0.840 bits per heavy atom. The molecule has 0 saturated carbocycles. The molecule has 0 spiro atoms. The molecule has 0 fully saturated rings. The molecule has 0 radical (unpaired) electrons. The molecule has 0 aliphatic heterocycles. The molecule has 0 saturated heterocycles. The summed E-state index contributed by atoms with van der Waals surface area (Å²) in [7, 11) is 0. The van der Waals surface area contributed by atoms with E-state index in [2.05, 4.69) is 13.8 Å². The second-order valence-corrected chi connectivity index (χ2v) is 4.97. The summed E-state index contributed by atoms with van der Waals surface area (Å²) < 4.78 is 0. The van der Waals surface area contributed by atoms with Crippen molar-refractivity contribution >= 4 is 11.9 Å². The number of aliphatic carboxylic acids is 1. The van der Waals surface area contributed by atoms with Crippen molar-refractivity contribution in [3.8, 4) is 0 Å². The number of rotatable bonds is 7. The van der Waals surface area contributed by atoms with Gasteiger partial charge in [-0.1, -0.05) is 75.7 Å². The van der Waals surface area contributed by atoms with Crippen molar-refractivity contribution in [3.05, 3.63) is 0 Å². The van der Waals surface area contributed by atoms with Crippen LogP contribution >= 0.6 is 0 Å². The third kappa shape index (κ3) is 20.9. The Kier molecular flexibility index (Phi) is 39.0. The van der Waals surface area contributed by atoms with Crippen LogP contribution in [-0.4, -0.2) is 34.0 Å². The first kappa shape index (κ1) is 35.1. The Bertz CT molecular complexity index is 266. The van der Waals surface area contributed by atoms with Gasteiger partial charge in [0.1, 0.15) is 6.42 Å². The number of carboxylic acid groups (broad SMARTS) is 1. The van der Waals surface area contributed by atoms with Crippen molar-refractivity contribution in [1.82, 2.24) is 4.90 Å². The quantitative estimate of drug-likeness (QED) is 0.516. The topological polar surface area (TPSA) is 57.6 Å². The number of hydrogen-bond acceptors (Lipinski definition) is 2. The van der Waals surface area contributed by atoms with Crippen molar-refractivity contribution in [2.24, 2.45) is 5.92 Å². The van der Waals surface area contributed by atoms with E-state index in [9.17, 15) is 9.59 Å². The Morgan fingerprint density at radius 3 is 1.44 bits per heavy atom. The lowest BCUT2D eigenvalue weighted by Gasteiger charge is -2.36. The predicted molar refractivity (Wildman–Crippen MR) is 113 cm³/mol. The zero-order chi connectivity index (χ0) is 21.6. The van der Waals surface area contributed by atoms with Crippen LogP contribution in [0.15, 0.2) is 0 Å². The zero-order valence-electron chi connectivity index (χ0n) is 19.6. The highest BCUT2D eigenvalue weighted by Crippen LogP contribution is 2.19. The average molecular weight is 364 g/mol. The number of carboxylic acids is 1. The summed E-state index contributed by atoms with van der Waals surface area (Å²) in [5, 5.41) is 8.69. The van der Waals surface area contributed by atoms with Gasteiger partial charge in [0.25, 0.3) is 0 Å². The molecule has 0 aromatic heterocycles. The largest absolute Gasteiger partial charge is 0.481 e. The fourth-order valence-electron chi connectivity index (χ4n) is 2.18. The van der Waals surface area contributed by atoms with Crippen LogP contribution in [0.5, 0.6) is 0 Å². The molecule has 0 aromatic rings. The van der Waals surface area contributed by atoms with Gasteiger partial charge in [-0.15, -0.1) is 0 Å². The molecule has 0 aromatic carbocycles. The van der Waals surface area contributed by atoms with Gasteiger partial charge in [0.15, 0.2) is 0 Å². The lowest BCUT2D eigenvalue weighted by atomic mass is 9.95. The smallest absolute Gasteiger partial charge is 0.312 e. The Hall–Kier alpha value is -1.06. The van der Waals surface area contributed by atoms with Gasteiger partial charge in [-0.3, -0.25) is 9.59 Å². The lowest BCUT2D eigenvalue weighted by molar-refractivity contribution is -0.146. The highest BCUT2D eigenvalue weighted by atomic mass is 16.4. The maximum absolute atomic E-state index is 11.9. The monoisotopic (exact) mass is 363 g/mol. The number of carbonyl (C=O) groups excluding carboxylic acids is 1. The maximum Gasteiger partial charge on any atom is 0.312 e. The van der Waals surface area contributed by atoms with Gasteiger partial charge in [-0.05, 0) is 33.1 Å². The van der Waals surface area contributed by atoms with Crippen LogP contribution in [0.4, 0.5) is 0 Å². The fourth-order valence-corrected chi connectivity index (χ4v) is 2.18. The molecular formula is C21H49NO3. The molecule has 0 heterocycles. The molecule has 156 valence electrons. The summed E-state index contributed by atoms with van der Waals surface area (Å²) in [5.41, 5.74) is 0. The van der Waals surface area contributed by atoms with Gasteiger partial charge >= 0.3 is 5.97 Å². The minimum atomic E-state index is -1.06. The van der Waals surface area contributed by atoms with Crippen molar-refractivity contribution in [3.63, 3.8) is 0 Å². The van der Waals surface area contributed by atoms with E-state index in [1.54, 1.807) is 4.90 Å². The minimum absolute atomic E-state index is 0.0381. The first-order valence-corrected chi connectivity index (χ1v) is 10.3. The highest BCUT2D eigenvalue weighted by Gasteiger charge is 2.27. The summed E-state index contributed by atoms with van der Waals surface area (Å²) in [4.78, 5) is 24.2. The first-order chi connectivity index (χ1) is 11.8. The number of carbonyl (C=O) groups is 2. The molecule has 4 nitrogen and oxygen atoms in total. The summed E-state index contributed by atoms with van der Waals surface area (Å²) in [6.45, 7) is 26.1. The average Bonchev–Trinajstić information content (AvgIpc) is 2.61. The molecule has 0 aliphatic carbocycles. The van der Waals surface area contributed by atoms with Gasteiger partial charge in [-0.25, -0.2) is 0 Å². The summed E-state index contributed by atoms with van der Waals surface area (Å²) in [5.74, 6) is -0.959. The molecule has 4 heteroatoms. The predicted octanol–water partition coefficient (Wildman–Crippen LogP) is 6.63. The minimum Gasteiger partial charge on any atom is -0.481 e. The van der Waals surface area contributed by atoms with E-state index in [0.717, 1.165) is 12.8 Å². The van der Waals surface area contributed by atoms with E-state index in [4.69, 9.17) is 5.11 Å². The molecule has 1 amide bonds. The second-order valence-electron chi connectivity index (χ2n) is 4.97.